The van der Waals surface area contributed by atoms with E-state index in [2.05, 4.69) is 5.32 Å². The number of morpholine rings is 1. The van der Waals surface area contributed by atoms with Crippen molar-refractivity contribution in [1.82, 2.24) is 8.87 Å². The second-order valence-corrected chi connectivity index (χ2v) is 12.8. The number of carbonyl (C=O) groups is 2. The molecule has 1 amide bonds. The standard InChI is InChI=1S/C31H31N3O8S2/c1-3-41-30(36)19-29-34(20-28(35)32-25-7-5-4-6-21(25)2)31(37)27(43-29)18-23-10-13-26(42-23)22-8-11-24(12-9-22)44(38,39)33-14-16-40-17-15-33/h4-13,18-19H,3,14-17,20H2,1-2H3,(H,32,35). The van der Waals surface area contributed by atoms with Crippen LogP contribution in [0.3, 0.4) is 0 Å². The predicted molar refractivity (Wildman–Crippen MR) is 166 cm³/mol. The SMILES string of the molecule is CCOC(=O)C=c1sc(=Cc2ccc(-c3ccc(S(=O)(=O)N4CCOCC4)cc3)o2)c(=O)n1CC(=O)Nc1ccccc1C. The van der Waals surface area contributed by atoms with E-state index in [4.69, 9.17) is 13.9 Å². The molecule has 0 spiro atoms. The lowest BCUT2D eigenvalue weighted by molar-refractivity contribution is -0.135. The van der Waals surface area contributed by atoms with Gasteiger partial charge in [0.15, 0.2) is 0 Å². The summed E-state index contributed by atoms with van der Waals surface area (Å²) in [5.74, 6) is -0.224. The zero-order chi connectivity index (χ0) is 31.3. The number of nitrogens with zero attached hydrogens (tertiary/aromatic N) is 2. The minimum Gasteiger partial charge on any atom is -0.463 e. The third-order valence-electron chi connectivity index (χ3n) is 6.83. The average molecular weight is 638 g/mol. The molecule has 13 heteroatoms. The number of thiazole rings is 1. The van der Waals surface area contributed by atoms with Crippen LogP contribution in [0.5, 0.6) is 0 Å². The first kappa shape index (κ1) is 31.1. The van der Waals surface area contributed by atoms with Gasteiger partial charge in [-0.15, -0.1) is 11.3 Å². The Morgan fingerprint density at radius 2 is 1.77 bits per heavy atom. The number of hydrogen-bond donors (Lipinski definition) is 1. The number of sulfonamides is 1. The fourth-order valence-corrected chi connectivity index (χ4v) is 6.98. The van der Waals surface area contributed by atoms with Crippen molar-refractivity contribution in [2.45, 2.75) is 25.3 Å². The van der Waals surface area contributed by atoms with Crippen molar-refractivity contribution < 1.29 is 31.9 Å². The van der Waals surface area contributed by atoms with Crippen LogP contribution in [-0.2, 0) is 35.6 Å². The van der Waals surface area contributed by atoms with Crippen LogP contribution in [0.25, 0.3) is 23.5 Å². The lowest BCUT2D eigenvalue weighted by Gasteiger charge is -2.26. The van der Waals surface area contributed by atoms with E-state index in [1.54, 1.807) is 43.3 Å². The summed E-state index contributed by atoms with van der Waals surface area (Å²) in [5, 5.41) is 2.81. The highest BCUT2D eigenvalue weighted by Gasteiger charge is 2.26. The monoisotopic (exact) mass is 637 g/mol. The van der Waals surface area contributed by atoms with Gasteiger partial charge in [0.25, 0.3) is 5.56 Å². The Labute approximate surface area is 257 Å². The predicted octanol–water partition coefficient (Wildman–Crippen LogP) is 2.31. The molecular weight excluding hydrogens is 606 g/mol. The number of carbonyl (C=O) groups excluding carboxylic acids is 2. The fraction of sp³-hybridized carbons (Fsp3) is 0.258. The lowest BCUT2D eigenvalue weighted by atomic mass is 10.2. The Morgan fingerprint density at radius 3 is 2.48 bits per heavy atom. The van der Waals surface area contributed by atoms with Gasteiger partial charge in [0, 0.05) is 30.4 Å². The minimum atomic E-state index is -3.63. The van der Waals surface area contributed by atoms with Crippen molar-refractivity contribution >= 4 is 51.1 Å². The van der Waals surface area contributed by atoms with E-state index in [0.29, 0.717) is 49.1 Å². The molecule has 0 atom stereocenters. The second-order valence-electron chi connectivity index (χ2n) is 9.84. The second kappa shape index (κ2) is 13.6. The van der Waals surface area contributed by atoms with Gasteiger partial charge < -0.3 is 19.2 Å². The maximum absolute atomic E-state index is 13.4. The molecular formula is C31H31N3O8S2. The van der Waals surface area contributed by atoms with Crippen molar-refractivity contribution in [2.75, 3.05) is 38.2 Å². The van der Waals surface area contributed by atoms with Gasteiger partial charge in [-0.2, -0.15) is 4.31 Å². The van der Waals surface area contributed by atoms with Gasteiger partial charge in [-0.3, -0.25) is 14.2 Å². The Kier molecular flexibility index (Phi) is 9.59. The van der Waals surface area contributed by atoms with Crippen LogP contribution >= 0.6 is 11.3 Å². The van der Waals surface area contributed by atoms with Gasteiger partial charge in [-0.1, -0.05) is 18.2 Å². The number of amides is 1. The summed E-state index contributed by atoms with van der Waals surface area (Å²) < 4.78 is 45.2. The maximum Gasteiger partial charge on any atom is 0.333 e. The highest BCUT2D eigenvalue weighted by atomic mass is 32.2. The van der Waals surface area contributed by atoms with Crippen LogP contribution in [0.4, 0.5) is 5.69 Å². The molecule has 1 saturated heterocycles. The summed E-state index contributed by atoms with van der Waals surface area (Å²) in [6, 6.07) is 17.1. The summed E-state index contributed by atoms with van der Waals surface area (Å²) in [6.07, 6.45) is 2.72. The molecule has 5 rings (SSSR count). The molecule has 0 unspecified atom stereocenters. The molecule has 1 fully saturated rings. The summed E-state index contributed by atoms with van der Waals surface area (Å²) in [5.41, 5.74) is 1.67. The number of esters is 1. The molecule has 1 N–H and O–H groups in total. The minimum absolute atomic E-state index is 0.160. The molecule has 0 bridgehead atoms. The normalized spacial score (nSPS) is 15.0. The fourth-order valence-electron chi connectivity index (χ4n) is 4.57. The third kappa shape index (κ3) is 7.08. The molecule has 2 aromatic heterocycles. The zero-order valence-electron chi connectivity index (χ0n) is 24.1. The van der Waals surface area contributed by atoms with Gasteiger partial charge in [0.1, 0.15) is 22.7 Å². The molecule has 230 valence electrons. The number of para-hydroxylation sites is 1. The topological polar surface area (TPSA) is 137 Å². The Balaban J connectivity index is 1.41. The van der Waals surface area contributed by atoms with E-state index < -0.39 is 27.5 Å². The van der Waals surface area contributed by atoms with Gasteiger partial charge in [0.2, 0.25) is 15.9 Å². The van der Waals surface area contributed by atoms with Crippen LogP contribution < -0.4 is 20.1 Å². The number of furan rings is 1. The summed E-state index contributed by atoms with van der Waals surface area (Å²) in [6.45, 7) is 4.72. The zero-order valence-corrected chi connectivity index (χ0v) is 25.8. The molecule has 4 aromatic rings. The van der Waals surface area contributed by atoms with Crippen LogP contribution in [0.2, 0.25) is 0 Å². The molecule has 1 aliphatic rings. The summed E-state index contributed by atoms with van der Waals surface area (Å²) in [4.78, 5) is 38.7. The van der Waals surface area contributed by atoms with Crippen molar-refractivity contribution in [1.29, 1.82) is 0 Å². The van der Waals surface area contributed by atoms with E-state index in [0.717, 1.165) is 16.9 Å². The molecule has 2 aromatic carbocycles. The summed E-state index contributed by atoms with van der Waals surface area (Å²) >= 11 is 1.03. The highest BCUT2D eigenvalue weighted by molar-refractivity contribution is 7.89. The first-order valence-corrected chi connectivity index (χ1v) is 16.1. The van der Waals surface area contributed by atoms with Gasteiger partial charge in [0.05, 0.1) is 35.3 Å². The quantitative estimate of drug-likeness (QED) is 0.276. The van der Waals surface area contributed by atoms with Gasteiger partial charge >= 0.3 is 5.97 Å². The molecule has 0 aliphatic carbocycles. The molecule has 1 aliphatic heterocycles. The van der Waals surface area contributed by atoms with Crippen molar-refractivity contribution in [3.05, 3.63) is 91.5 Å². The van der Waals surface area contributed by atoms with Gasteiger partial charge in [-0.25, -0.2) is 13.2 Å². The lowest BCUT2D eigenvalue weighted by Crippen LogP contribution is -2.40. The number of anilines is 1. The first-order chi connectivity index (χ1) is 21.2. The van der Waals surface area contributed by atoms with E-state index in [1.165, 1.54) is 33.2 Å². The number of nitrogens with one attached hydrogen (secondary N) is 1. The van der Waals surface area contributed by atoms with Crippen molar-refractivity contribution in [2.24, 2.45) is 0 Å². The van der Waals surface area contributed by atoms with Crippen LogP contribution in [0.15, 0.2) is 74.8 Å². The van der Waals surface area contributed by atoms with E-state index in [-0.39, 0.29) is 27.2 Å². The summed E-state index contributed by atoms with van der Waals surface area (Å²) in [7, 11) is -3.63. The van der Waals surface area contributed by atoms with Crippen LogP contribution in [0.1, 0.15) is 18.2 Å². The maximum atomic E-state index is 13.4. The van der Waals surface area contributed by atoms with Crippen molar-refractivity contribution in [3.8, 4) is 11.3 Å². The molecule has 0 saturated carbocycles. The number of hydrogen-bond acceptors (Lipinski definition) is 9. The molecule has 0 radical (unpaired) electrons. The number of aromatic nitrogens is 1. The molecule has 11 nitrogen and oxygen atoms in total. The number of rotatable bonds is 9. The number of ether oxygens (including phenoxy) is 2. The Morgan fingerprint density at radius 1 is 1.05 bits per heavy atom. The third-order valence-corrected chi connectivity index (χ3v) is 9.80. The smallest absolute Gasteiger partial charge is 0.333 e. The Hall–Kier alpha value is -4.30. The number of benzene rings is 2. The Bertz CT molecular complexity index is 1950. The number of aryl methyl sites for hydroxylation is 1. The molecule has 3 heterocycles. The van der Waals surface area contributed by atoms with Crippen LogP contribution in [-0.4, -0.2) is 62.1 Å². The van der Waals surface area contributed by atoms with Gasteiger partial charge in [-0.05, 0) is 61.9 Å². The highest BCUT2D eigenvalue weighted by Crippen LogP contribution is 2.25. The van der Waals surface area contributed by atoms with Crippen molar-refractivity contribution in [3.63, 3.8) is 0 Å². The van der Waals surface area contributed by atoms with E-state index in [1.807, 2.05) is 19.1 Å². The van der Waals surface area contributed by atoms with E-state index >= 15 is 0 Å². The van der Waals surface area contributed by atoms with E-state index in [9.17, 15) is 22.8 Å². The van der Waals surface area contributed by atoms with Crippen LogP contribution in [0, 0.1) is 6.92 Å². The first-order valence-electron chi connectivity index (χ1n) is 13.9. The largest absolute Gasteiger partial charge is 0.463 e. The molecule has 44 heavy (non-hydrogen) atoms. The average Bonchev–Trinajstić information content (AvgIpc) is 3.59.